The van der Waals surface area contributed by atoms with E-state index in [2.05, 4.69) is 12.3 Å². The normalized spacial score (nSPS) is 10.4. The average molecular weight is 241 g/mol. The number of hydrogen-bond acceptors (Lipinski definition) is 5. The van der Waals surface area contributed by atoms with Gasteiger partial charge in [0.2, 0.25) is 5.91 Å². The van der Waals surface area contributed by atoms with Gasteiger partial charge in [0, 0.05) is 5.54 Å². The number of primary amides is 1. The summed E-state index contributed by atoms with van der Waals surface area (Å²) in [5, 5.41) is 0. The second-order valence-electron chi connectivity index (χ2n) is 3.32. The lowest BCUT2D eigenvalue weighted by Crippen LogP contribution is -2.39. The molecule has 7 nitrogen and oxygen atoms in total. The van der Waals surface area contributed by atoms with Crippen molar-refractivity contribution in [3.05, 3.63) is 12.7 Å². The van der Waals surface area contributed by atoms with Crippen molar-refractivity contribution in [1.29, 1.82) is 0 Å². The maximum atomic E-state index is 10.1. The van der Waals surface area contributed by atoms with Gasteiger partial charge in [-0.3, -0.25) is 9.35 Å². The molecule has 0 aliphatic heterocycles. The van der Waals surface area contributed by atoms with E-state index in [0.29, 0.717) is 0 Å². The van der Waals surface area contributed by atoms with Crippen molar-refractivity contribution >= 4 is 16.0 Å². The van der Waals surface area contributed by atoms with E-state index in [1.165, 1.54) is 13.8 Å². The number of carbonyl (C=O) groups is 1. The predicted octanol–water partition coefficient (Wildman–Crippen LogP) is -0.569. The van der Waals surface area contributed by atoms with Crippen LogP contribution in [0, 0.1) is 0 Å². The minimum Gasteiger partial charge on any atom is -0.366 e. The van der Waals surface area contributed by atoms with Crippen molar-refractivity contribution < 1.29 is 17.8 Å². The highest BCUT2D eigenvalue weighted by Gasteiger charge is 2.18. The molecule has 1 amide bonds. The van der Waals surface area contributed by atoms with Crippen molar-refractivity contribution in [3.8, 4) is 0 Å². The Kier molecular flexibility index (Phi) is 9.59. The van der Waals surface area contributed by atoms with E-state index in [1.807, 2.05) is 0 Å². The van der Waals surface area contributed by atoms with Crippen LogP contribution in [0.1, 0.15) is 13.8 Å². The van der Waals surface area contributed by atoms with Crippen LogP contribution in [0.2, 0.25) is 0 Å². The first-order valence-corrected chi connectivity index (χ1v) is 5.25. The zero-order chi connectivity index (χ0) is 12.0. The van der Waals surface area contributed by atoms with Gasteiger partial charge in [0.1, 0.15) is 0 Å². The van der Waals surface area contributed by atoms with Crippen LogP contribution in [0.4, 0.5) is 0 Å². The fourth-order valence-electron chi connectivity index (χ4n) is 0.470. The molecule has 0 bridgehead atoms. The van der Waals surface area contributed by atoms with Crippen molar-refractivity contribution in [2.24, 2.45) is 11.5 Å². The molecule has 0 spiro atoms. The fraction of sp³-hybridized carbons (Fsp3) is 0.571. The van der Waals surface area contributed by atoms with E-state index in [1.54, 1.807) is 0 Å². The largest absolute Gasteiger partial charge is 0.366 e. The summed E-state index contributed by atoms with van der Waals surface area (Å²) in [6, 6.07) is 0. The number of amides is 1. The minimum atomic E-state index is -3.91. The molecular weight excluding hydrogens is 222 g/mol. The SMILES string of the molecule is C=CC(N)=O.CC(C)(N)CS(=O)(=O)O.N. The Morgan fingerprint density at radius 1 is 1.53 bits per heavy atom. The molecule has 8 N–H and O–H groups in total. The van der Waals surface area contributed by atoms with Crippen molar-refractivity contribution in [2.75, 3.05) is 5.75 Å². The number of nitrogens with two attached hydrogens (primary N) is 2. The molecule has 0 fully saturated rings. The van der Waals surface area contributed by atoms with Crippen LogP contribution >= 0.6 is 0 Å². The summed E-state index contributed by atoms with van der Waals surface area (Å²) in [7, 11) is -3.91. The maximum absolute atomic E-state index is 10.1. The van der Waals surface area contributed by atoms with Crippen molar-refractivity contribution in [2.45, 2.75) is 19.4 Å². The minimum absolute atomic E-state index is 0. The van der Waals surface area contributed by atoms with Crippen LogP contribution in [0.25, 0.3) is 0 Å². The Morgan fingerprint density at radius 2 is 1.80 bits per heavy atom. The van der Waals surface area contributed by atoms with Crippen LogP contribution in [-0.2, 0) is 14.9 Å². The van der Waals surface area contributed by atoms with Gasteiger partial charge in [-0.2, -0.15) is 8.42 Å². The summed E-state index contributed by atoms with van der Waals surface area (Å²) in [6.07, 6.45) is 1.06. The molecule has 0 atom stereocenters. The molecule has 0 aliphatic carbocycles. The second-order valence-corrected chi connectivity index (χ2v) is 4.77. The van der Waals surface area contributed by atoms with E-state index in [9.17, 15) is 13.2 Å². The van der Waals surface area contributed by atoms with E-state index >= 15 is 0 Å². The van der Waals surface area contributed by atoms with Gasteiger partial charge in [-0.25, -0.2) is 0 Å². The quantitative estimate of drug-likeness (QED) is 0.382. The lowest BCUT2D eigenvalue weighted by Gasteiger charge is -2.14. The molecule has 0 rings (SSSR count). The summed E-state index contributed by atoms with van der Waals surface area (Å²) in [4.78, 5) is 9.47. The fourth-order valence-corrected chi connectivity index (χ4v) is 1.41. The van der Waals surface area contributed by atoms with Gasteiger partial charge in [0.05, 0.1) is 5.75 Å². The van der Waals surface area contributed by atoms with Crippen molar-refractivity contribution in [3.63, 3.8) is 0 Å². The van der Waals surface area contributed by atoms with Crippen molar-refractivity contribution in [1.82, 2.24) is 6.15 Å². The Bertz CT molecular complexity index is 292. The topological polar surface area (TPSA) is 158 Å². The zero-order valence-corrected chi connectivity index (χ0v) is 9.75. The summed E-state index contributed by atoms with van der Waals surface area (Å²) in [5.41, 5.74) is 8.96. The molecule has 0 aromatic carbocycles. The summed E-state index contributed by atoms with van der Waals surface area (Å²) in [5.74, 6) is -0.884. The average Bonchev–Trinajstić information content (AvgIpc) is 1.80. The van der Waals surface area contributed by atoms with Gasteiger partial charge in [-0.15, -0.1) is 0 Å². The van der Waals surface area contributed by atoms with Crippen LogP contribution < -0.4 is 17.6 Å². The Hall–Kier alpha value is -0.960. The highest BCUT2D eigenvalue weighted by molar-refractivity contribution is 7.85. The number of hydrogen-bond donors (Lipinski definition) is 4. The number of rotatable bonds is 3. The van der Waals surface area contributed by atoms with Gasteiger partial charge in [0.25, 0.3) is 10.1 Å². The Balaban J connectivity index is -0.000000208. The van der Waals surface area contributed by atoms with Crippen LogP contribution in [0.15, 0.2) is 12.7 Å². The van der Waals surface area contributed by atoms with Gasteiger partial charge in [-0.05, 0) is 19.9 Å². The van der Waals surface area contributed by atoms with E-state index in [0.717, 1.165) is 6.08 Å². The van der Waals surface area contributed by atoms with Crippen LogP contribution in [-0.4, -0.2) is 30.2 Å². The molecule has 0 radical (unpaired) electrons. The molecule has 15 heavy (non-hydrogen) atoms. The van der Waals surface area contributed by atoms with Gasteiger partial charge < -0.3 is 17.6 Å². The lowest BCUT2D eigenvalue weighted by atomic mass is 10.1. The summed E-state index contributed by atoms with van der Waals surface area (Å²) in [6.45, 7) is 6.14. The first-order chi connectivity index (χ1) is 5.98. The third-order valence-corrected chi connectivity index (χ3v) is 1.86. The molecule has 0 saturated carbocycles. The van der Waals surface area contributed by atoms with E-state index in [-0.39, 0.29) is 6.15 Å². The van der Waals surface area contributed by atoms with E-state index in [4.69, 9.17) is 10.3 Å². The lowest BCUT2D eigenvalue weighted by molar-refractivity contribution is -0.113. The Morgan fingerprint density at radius 3 is 1.80 bits per heavy atom. The highest BCUT2D eigenvalue weighted by atomic mass is 32.2. The predicted molar refractivity (Wildman–Crippen MR) is 59.1 cm³/mol. The second kappa shape index (κ2) is 7.35. The van der Waals surface area contributed by atoms with Gasteiger partial charge in [-0.1, -0.05) is 6.58 Å². The highest BCUT2D eigenvalue weighted by Crippen LogP contribution is 1.99. The molecule has 8 heteroatoms. The molecule has 0 aromatic heterocycles. The molecule has 0 aromatic rings. The molecule has 92 valence electrons. The maximum Gasteiger partial charge on any atom is 0.266 e. The first kappa shape index (κ1) is 19.6. The third-order valence-electron chi connectivity index (χ3n) is 0.756. The van der Waals surface area contributed by atoms with Crippen LogP contribution in [0.3, 0.4) is 0 Å². The molecule has 0 heterocycles. The zero-order valence-electron chi connectivity index (χ0n) is 8.93. The summed E-state index contributed by atoms with van der Waals surface area (Å²) < 4.78 is 28.5. The first-order valence-electron chi connectivity index (χ1n) is 3.64. The molecular formula is C7H19N3O4S. The molecule has 0 saturated heterocycles. The smallest absolute Gasteiger partial charge is 0.266 e. The molecule has 0 aliphatic rings. The van der Waals surface area contributed by atoms with Gasteiger partial charge in [0.15, 0.2) is 0 Å². The number of carbonyl (C=O) groups excluding carboxylic acids is 1. The van der Waals surface area contributed by atoms with Crippen LogP contribution in [0.5, 0.6) is 0 Å². The monoisotopic (exact) mass is 241 g/mol. The van der Waals surface area contributed by atoms with E-state index < -0.39 is 27.3 Å². The summed E-state index contributed by atoms with van der Waals surface area (Å²) >= 11 is 0. The molecule has 0 unspecified atom stereocenters. The third kappa shape index (κ3) is 32.1. The van der Waals surface area contributed by atoms with Gasteiger partial charge >= 0.3 is 0 Å². The Labute approximate surface area is 89.9 Å². The standard InChI is InChI=1S/C4H11NO3S.C3H5NO.H3N/c1-4(2,5)3-9(6,7)8;1-2-3(4)5;/h3,5H2,1-2H3,(H,6,7,8);2H,1H2,(H2,4,5);1H3.